The summed E-state index contributed by atoms with van der Waals surface area (Å²) in [4.78, 5) is 58.5. The van der Waals surface area contributed by atoms with Gasteiger partial charge in [0.25, 0.3) is 0 Å². The lowest BCUT2D eigenvalue weighted by Gasteiger charge is -2.30. The molecule has 10 nitrogen and oxygen atoms in total. The van der Waals surface area contributed by atoms with Gasteiger partial charge in [-0.3, -0.25) is 9.59 Å². The Morgan fingerprint density at radius 1 is 0.639 bits per heavy atom. The van der Waals surface area contributed by atoms with Gasteiger partial charge in [0, 0.05) is 25.0 Å². The van der Waals surface area contributed by atoms with Crippen LogP contribution in [0.3, 0.4) is 0 Å². The van der Waals surface area contributed by atoms with Crippen molar-refractivity contribution in [2.45, 2.75) is 90.3 Å². The fourth-order valence-corrected chi connectivity index (χ4v) is 2.67. The summed E-state index contributed by atoms with van der Waals surface area (Å²) < 4.78 is 25.6. The van der Waals surface area contributed by atoms with Gasteiger partial charge in [-0.2, -0.15) is 0 Å². The average molecular weight is 513 g/mol. The minimum Gasteiger partial charge on any atom is -0.463 e. The zero-order valence-corrected chi connectivity index (χ0v) is 21.9. The number of carbonyl (C=O) groups is 5. The molecule has 0 N–H and O–H groups in total. The number of esters is 5. The summed E-state index contributed by atoms with van der Waals surface area (Å²) in [5.74, 6) is -2.73. The minimum atomic E-state index is -1.52. The second-order valence-corrected chi connectivity index (χ2v) is 9.16. The molecule has 0 radical (unpaired) electrons. The molecule has 10 heteroatoms. The van der Waals surface area contributed by atoms with Crippen molar-refractivity contribution in [2.75, 3.05) is 19.8 Å². The SMILES string of the molecule is C=CC(=O)OCCCCCC(=O)OCC(C)(C)OC(=O)C(C)(C)OC(=O)CCCCCOC(=O)C=C. The summed E-state index contributed by atoms with van der Waals surface area (Å²) in [6, 6.07) is 0. The Kier molecular flexibility index (Phi) is 15.8. The molecule has 0 saturated heterocycles. The lowest BCUT2D eigenvalue weighted by molar-refractivity contribution is -0.192. The molecular formula is C26H40O10. The van der Waals surface area contributed by atoms with Gasteiger partial charge in [-0.05, 0) is 66.2 Å². The van der Waals surface area contributed by atoms with Gasteiger partial charge in [0.1, 0.15) is 12.2 Å². The van der Waals surface area contributed by atoms with Gasteiger partial charge in [0.05, 0.1) is 13.2 Å². The van der Waals surface area contributed by atoms with E-state index in [4.69, 9.17) is 23.7 Å². The molecule has 0 spiro atoms. The van der Waals surface area contributed by atoms with Crippen LogP contribution in [-0.2, 0) is 47.7 Å². The van der Waals surface area contributed by atoms with Crippen molar-refractivity contribution in [1.82, 2.24) is 0 Å². The van der Waals surface area contributed by atoms with E-state index in [0.717, 1.165) is 12.2 Å². The summed E-state index contributed by atoms with van der Waals surface area (Å²) in [6.07, 6.45) is 6.07. The zero-order chi connectivity index (χ0) is 27.6. The first-order valence-corrected chi connectivity index (χ1v) is 12.0. The molecule has 0 heterocycles. The zero-order valence-electron chi connectivity index (χ0n) is 21.9. The molecule has 0 aromatic rings. The number of carbonyl (C=O) groups excluding carboxylic acids is 5. The molecule has 0 aliphatic rings. The second kappa shape index (κ2) is 17.3. The van der Waals surface area contributed by atoms with Crippen LogP contribution in [0.2, 0.25) is 0 Å². The number of unbranched alkanes of at least 4 members (excludes halogenated alkanes) is 4. The molecule has 0 aromatic heterocycles. The Morgan fingerprint density at radius 3 is 1.58 bits per heavy atom. The summed E-state index contributed by atoms with van der Waals surface area (Å²) in [7, 11) is 0. The van der Waals surface area contributed by atoms with Gasteiger partial charge >= 0.3 is 29.8 Å². The van der Waals surface area contributed by atoms with E-state index in [2.05, 4.69) is 13.2 Å². The van der Waals surface area contributed by atoms with Crippen LogP contribution >= 0.6 is 0 Å². The average Bonchev–Trinajstić information content (AvgIpc) is 2.81. The van der Waals surface area contributed by atoms with Crippen molar-refractivity contribution < 1.29 is 47.7 Å². The number of rotatable bonds is 19. The molecule has 0 aliphatic heterocycles. The summed E-state index contributed by atoms with van der Waals surface area (Å²) in [5, 5.41) is 0. The van der Waals surface area contributed by atoms with Crippen molar-refractivity contribution in [3.05, 3.63) is 25.3 Å². The van der Waals surface area contributed by atoms with Gasteiger partial charge in [-0.1, -0.05) is 13.2 Å². The van der Waals surface area contributed by atoms with E-state index >= 15 is 0 Å². The molecule has 36 heavy (non-hydrogen) atoms. The highest BCUT2D eigenvalue weighted by Crippen LogP contribution is 2.20. The first kappa shape index (κ1) is 32.8. The van der Waals surface area contributed by atoms with Crippen LogP contribution in [-0.4, -0.2) is 60.9 Å². The first-order chi connectivity index (χ1) is 16.8. The predicted molar refractivity (Wildman–Crippen MR) is 131 cm³/mol. The number of hydrogen-bond acceptors (Lipinski definition) is 10. The Labute approximate surface area is 213 Å². The van der Waals surface area contributed by atoms with E-state index in [0.29, 0.717) is 38.5 Å². The Bertz CT molecular complexity index is 767. The molecule has 204 valence electrons. The van der Waals surface area contributed by atoms with E-state index in [9.17, 15) is 24.0 Å². The Hall–Kier alpha value is -3.17. The van der Waals surface area contributed by atoms with Crippen molar-refractivity contribution in [3.8, 4) is 0 Å². The van der Waals surface area contributed by atoms with Crippen LogP contribution in [0, 0.1) is 0 Å². The molecule has 0 saturated carbocycles. The maximum Gasteiger partial charge on any atom is 0.350 e. The van der Waals surface area contributed by atoms with E-state index < -0.39 is 41.0 Å². The van der Waals surface area contributed by atoms with Crippen LogP contribution in [0.15, 0.2) is 25.3 Å². The van der Waals surface area contributed by atoms with Crippen molar-refractivity contribution >= 4 is 29.8 Å². The van der Waals surface area contributed by atoms with Gasteiger partial charge in [0.2, 0.25) is 5.60 Å². The van der Waals surface area contributed by atoms with E-state index in [1.165, 1.54) is 13.8 Å². The smallest absolute Gasteiger partial charge is 0.350 e. The molecule has 0 aliphatic carbocycles. The van der Waals surface area contributed by atoms with Crippen molar-refractivity contribution in [3.63, 3.8) is 0 Å². The third-order valence-corrected chi connectivity index (χ3v) is 4.68. The fourth-order valence-electron chi connectivity index (χ4n) is 2.67. The van der Waals surface area contributed by atoms with Crippen LogP contribution in [0.25, 0.3) is 0 Å². The van der Waals surface area contributed by atoms with E-state index in [-0.39, 0.29) is 32.7 Å². The summed E-state index contributed by atoms with van der Waals surface area (Å²) in [5.41, 5.74) is -2.65. The van der Waals surface area contributed by atoms with Crippen molar-refractivity contribution in [1.29, 1.82) is 0 Å². The number of hydrogen-bond donors (Lipinski definition) is 0. The first-order valence-electron chi connectivity index (χ1n) is 12.0. The highest BCUT2D eigenvalue weighted by atomic mass is 16.6. The lowest BCUT2D eigenvalue weighted by Crippen LogP contribution is -2.45. The van der Waals surface area contributed by atoms with Crippen LogP contribution in [0.5, 0.6) is 0 Å². The molecule has 0 amide bonds. The van der Waals surface area contributed by atoms with Crippen LogP contribution < -0.4 is 0 Å². The highest BCUT2D eigenvalue weighted by Gasteiger charge is 2.38. The standard InChI is InChI=1S/C26H40O10/c1-7-20(27)32-17-13-9-11-15-22(29)34-19-25(3,4)36-24(31)26(5,6)35-23(30)16-12-10-14-18-33-21(28)8-2/h7-8H,1-2,9-19H2,3-6H3. The Balaban J connectivity index is 4.23. The third kappa shape index (κ3) is 16.5. The molecular weight excluding hydrogens is 472 g/mol. The van der Waals surface area contributed by atoms with Crippen LogP contribution in [0.1, 0.15) is 79.1 Å². The maximum absolute atomic E-state index is 12.6. The topological polar surface area (TPSA) is 132 Å². The molecule has 0 bridgehead atoms. The maximum atomic E-state index is 12.6. The fraction of sp³-hybridized carbons (Fsp3) is 0.654. The van der Waals surface area contributed by atoms with Gasteiger partial charge < -0.3 is 23.7 Å². The van der Waals surface area contributed by atoms with Gasteiger partial charge in [0.15, 0.2) is 0 Å². The minimum absolute atomic E-state index is 0.101. The predicted octanol–water partition coefficient (Wildman–Crippen LogP) is 3.75. The van der Waals surface area contributed by atoms with E-state index in [1.807, 2.05) is 0 Å². The summed E-state index contributed by atoms with van der Waals surface area (Å²) >= 11 is 0. The monoisotopic (exact) mass is 512 g/mol. The lowest BCUT2D eigenvalue weighted by atomic mass is 10.1. The quantitative estimate of drug-likeness (QED) is 0.109. The van der Waals surface area contributed by atoms with E-state index in [1.54, 1.807) is 13.8 Å². The van der Waals surface area contributed by atoms with Gasteiger partial charge in [-0.15, -0.1) is 0 Å². The molecule has 0 atom stereocenters. The molecule has 0 fully saturated rings. The van der Waals surface area contributed by atoms with Crippen LogP contribution in [0.4, 0.5) is 0 Å². The van der Waals surface area contributed by atoms with Gasteiger partial charge in [-0.25, -0.2) is 14.4 Å². The molecule has 0 unspecified atom stereocenters. The molecule has 0 rings (SSSR count). The normalized spacial score (nSPS) is 11.1. The summed E-state index contributed by atoms with van der Waals surface area (Å²) in [6.45, 7) is 13.0. The second-order valence-electron chi connectivity index (χ2n) is 9.16. The van der Waals surface area contributed by atoms with Crippen molar-refractivity contribution in [2.24, 2.45) is 0 Å². The number of ether oxygens (including phenoxy) is 5. The highest BCUT2D eigenvalue weighted by molar-refractivity contribution is 5.83. The third-order valence-electron chi connectivity index (χ3n) is 4.68. The molecule has 0 aromatic carbocycles. The largest absolute Gasteiger partial charge is 0.463 e. The Morgan fingerprint density at radius 2 is 1.11 bits per heavy atom.